The van der Waals surface area contributed by atoms with Crippen molar-refractivity contribution in [2.24, 2.45) is 0 Å². The van der Waals surface area contributed by atoms with Crippen LogP contribution in [0.4, 0.5) is 0 Å². The van der Waals surface area contributed by atoms with Gasteiger partial charge in [0.2, 0.25) is 5.91 Å². The van der Waals surface area contributed by atoms with Gasteiger partial charge in [-0.25, -0.2) is 0 Å². The number of carbonyl (C=O) groups is 2. The van der Waals surface area contributed by atoms with Gasteiger partial charge in [0.1, 0.15) is 5.76 Å². The van der Waals surface area contributed by atoms with Crippen LogP contribution in [0, 0.1) is 6.92 Å². The van der Waals surface area contributed by atoms with E-state index < -0.39 is 0 Å². The van der Waals surface area contributed by atoms with Crippen molar-refractivity contribution in [2.45, 2.75) is 44.4 Å². The molecular weight excluding hydrogens is 364 g/mol. The first-order valence-corrected chi connectivity index (χ1v) is 9.88. The Balaban J connectivity index is 1.43. The number of hydrogen-bond donors (Lipinski definition) is 1. The van der Waals surface area contributed by atoms with Crippen LogP contribution in [0.2, 0.25) is 0 Å². The predicted octanol–water partition coefficient (Wildman–Crippen LogP) is 0.325. The molecule has 9 nitrogen and oxygen atoms in total. The quantitative estimate of drug-likeness (QED) is 0.788. The highest BCUT2D eigenvalue weighted by molar-refractivity contribution is 5.93. The van der Waals surface area contributed by atoms with E-state index in [4.69, 9.17) is 14.0 Å². The number of piperidine rings is 1. The second kappa shape index (κ2) is 7.81. The van der Waals surface area contributed by atoms with E-state index in [0.29, 0.717) is 56.4 Å². The molecule has 3 aliphatic rings. The van der Waals surface area contributed by atoms with E-state index in [1.807, 2.05) is 4.90 Å². The summed E-state index contributed by atoms with van der Waals surface area (Å²) in [6.07, 6.45) is 2.60. The molecule has 28 heavy (non-hydrogen) atoms. The third kappa shape index (κ3) is 3.42. The minimum Gasteiger partial charge on any atom is -0.380 e. The summed E-state index contributed by atoms with van der Waals surface area (Å²) < 4.78 is 16.0. The Kier molecular flexibility index (Phi) is 5.39. The molecule has 1 atom stereocenters. The zero-order valence-electron chi connectivity index (χ0n) is 16.5. The highest BCUT2D eigenvalue weighted by Crippen LogP contribution is 2.33. The molecular formula is C19H28N4O5. The minimum absolute atomic E-state index is 0.0679. The summed E-state index contributed by atoms with van der Waals surface area (Å²) in [5.74, 6) is 0.568. The van der Waals surface area contributed by atoms with Crippen molar-refractivity contribution in [2.75, 3.05) is 46.5 Å². The molecule has 0 radical (unpaired) electrons. The first-order valence-electron chi connectivity index (χ1n) is 9.88. The standard InChI is InChI=1S/C19H28N4O5/c1-13-15(10-26-2)17(21-28-13)18(25)22-6-3-14(4-7-22)23-9-16(24)20-11-19(23)5-8-27-12-19/h14H,3-12H2,1-2H3,(H,20,24). The van der Waals surface area contributed by atoms with Crippen LogP contribution in [0.15, 0.2) is 4.52 Å². The predicted molar refractivity (Wildman–Crippen MR) is 98.8 cm³/mol. The van der Waals surface area contributed by atoms with Gasteiger partial charge in [-0.2, -0.15) is 0 Å². The van der Waals surface area contributed by atoms with Crippen LogP contribution in [0.5, 0.6) is 0 Å². The molecule has 3 saturated heterocycles. The lowest BCUT2D eigenvalue weighted by Gasteiger charge is -2.49. The minimum atomic E-state index is -0.113. The molecule has 4 heterocycles. The molecule has 1 spiro atoms. The van der Waals surface area contributed by atoms with Gasteiger partial charge in [-0.05, 0) is 26.2 Å². The van der Waals surface area contributed by atoms with Gasteiger partial charge >= 0.3 is 0 Å². The van der Waals surface area contributed by atoms with E-state index in [1.54, 1.807) is 14.0 Å². The molecule has 0 bridgehead atoms. The van der Waals surface area contributed by atoms with Crippen LogP contribution in [-0.2, 0) is 20.9 Å². The molecule has 0 aliphatic carbocycles. The summed E-state index contributed by atoms with van der Waals surface area (Å²) in [5.41, 5.74) is 0.958. The molecule has 0 saturated carbocycles. The fourth-order valence-electron chi connectivity index (χ4n) is 4.63. The van der Waals surface area contributed by atoms with Crippen molar-refractivity contribution in [3.63, 3.8) is 0 Å². The maximum absolute atomic E-state index is 12.9. The fourth-order valence-corrected chi connectivity index (χ4v) is 4.63. The van der Waals surface area contributed by atoms with Crippen molar-refractivity contribution in [1.82, 2.24) is 20.3 Å². The Bertz CT molecular complexity index is 735. The number of nitrogens with zero attached hydrogens (tertiary/aromatic N) is 3. The molecule has 9 heteroatoms. The summed E-state index contributed by atoms with van der Waals surface area (Å²) in [4.78, 5) is 29.1. The van der Waals surface area contributed by atoms with Crippen LogP contribution in [0.25, 0.3) is 0 Å². The molecule has 3 fully saturated rings. The lowest BCUT2D eigenvalue weighted by molar-refractivity contribution is -0.131. The number of ether oxygens (including phenoxy) is 2. The Hall–Kier alpha value is -1.97. The second-order valence-corrected chi connectivity index (χ2v) is 7.95. The largest absolute Gasteiger partial charge is 0.380 e. The van der Waals surface area contributed by atoms with Gasteiger partial charge in [-0.15, -0.1) is 0 Å². The smallest absolute Gasteiger partial charge is 0.276 e. The van der Waals surface area contributed by atoms with E-state index in [-0.39, 0.29) is 23.4 Å². The molecule has 0 aromatic carbocycles. The molecule has 1 unspecified atom stereocenters. The Labute approximate surface area is 164 Å². The highest BCUT2D eigenvalue weighted by Gasteiger charge is 2.47. The topological polar surface area (TPSA) is 97.1 Å². The lowest BCUT2D eigenvalue weighted by Crippen LogP contribution is -2.67. The molecule has 3 aliphatic heterocycles. The Morgan fingerprint density at radius 2 is 2.18 bits per heavy atom. The van der Waals surface area contributed by atoms with E-state index in [9.17, 15) is 9.59 Å². The average molecular weight is 392 g/mol. The zero-order valence-corrected chi connectivity index (χ0v) is 16.5. The van der Waals surface area contributed by atoms with Crippen LogP contribution in [0.3, 0.4) is 0 Å². The molecule has 4 rings (SSSR count). The average Bonchev–Trinajstić information content (AvgIpc) is 3.32. The number of aromatic nitrogens is 1. The highest BCUT2D eigenvalue weighted by atomic mass is 16.5. The number of likely N-dealkylation sites (tertiary alicyclic amines) is 1. The van der Waals surface area contributed by atoms with E-state index in [2.05, 4.69) is 15.4 Å². The Morgan fingerprint density at radius 3 is 2.86 bits per heavy atom. The molecule has 1 aromatic rings. The van der Waals surface area contributed by atoms with Gasteiger partial charge in [-0.1, -0.05) is 5.16 Å². The summed E-state index contributed by atoms with van der Waals surface area (Å²) in [5, 5.41) is 6.96. The maximum Gasteiger partial charge on any atom is 0.276 e. The van der Waals surface area contributed by atoms with E-state index in [1.165, 1.54) is 0 Å². The zero-order chi connectivity index (χ0) is 19.7. The van der Waals surface area contributed by atoms with Crippen molar-refractivity contribution in [3.05, 3.63) is 17.0 Å². The molecule has 1 aromatic heterocycles. The normalized spacial score (nSPS) is 26.8. The van der Waals surface area contributed by atoms with Crippen molar-refractivity contribution < 1.29 is 23.6 Å². The van der Waals surface area contributed by atoms with Gasteiger partial charge < -0.3 is 24.2 Å². The monoisotopic (exact) mass is 392 g/mol. The SMILES string of the molecule is COCc1c(C(=O)N2CCC(N3CC(=O)NCC34CCOC4)CC2)noc1C. The van der Waals surface area contributed by atoms with Crippen LogP contribution >= 0.6 is 0 Å². The maximum atomic E-state index is 12.9. The van der Waals surface area contributed by atoms with Gasteiger partial charge in [0.25, 0.3) is 5.91 Å². The first-order chi connectivity index (χ1) is 13.5. The number of hydrogen-bond acceptors (Lipinski definition) is 7. The second-order valence-electron chi connectivity index (χ2n) is 7.95. The van der Waals surface area contributed by atoms with Crippen LogP contribution in [-0.4, -0.2) is 84.9 Å². The summed E-state index contributed by atoms with van der Waals surface area (Å²) >= 11 is 0. The number of carbonyl (C=O) groups excluding carboxylic acids is 2. The summed E-state index contributed by atoms with van der Waals surface area (Å²) in [7, 11) is 1.59. The summed E-state index contributed by atoms with van der Waals surface area (Å²) in [6.45, 7) is 5.80. The molecule has 2 amide bonds. The third-order valence-electron chi connectivity index (χ3n) is 6.29. The number of piperazine rings is 1. The third-order valence-corrected chi connectivity index (χ3v) is 6.29. The Morgan fingerprint density at radius 1 is 1.39 bits per heavy atom. The van der Waals surface area contributed by atoms with Gasteiger partial charge in [0.15, 0.2) is 5.69 Å². The van der Waals surface area contributed by atoms with Gasteiger partial charge in [0.05, 0.1) is 30.9 Å². The number of aryl methyl sites for hydroxylation is 1. The van der Waals surface area contributed by atoms with Crippen molar-refractivity contribution in [3.8, 4) is 0 Å². The molecule has 154 valence electrons. The fraction of sp³-hybridized carbons (Fsp3) is 0.737. The number of nitrogens with one attached hydrogen (secondary N) is 1. The number of methoxy groups -OCH3 is 1. The van der Waals surface area contributed by atoms with Crippen LogP contribution in [0.1, 0.15) is 41.1 Å². The van der Waals surface area contributed by atoms with E-state index in [0.717, 1.165) is 25.9 Å². The van der Waals surface area contributed by atoms with Crippen molar-refractivity contribution in [1.29, 1.82) is 0 Å². The first kappa shape index (κ1) is 19.4. The van der Waals surface area contributed by atoms with Gasteiger partial charge in [0, 0.05) is 39.4 Å². The number of rotatable bonds is 4. The summed E-state index contributed by atoms with van der Waals surface area (Å²) in [6, 6.07) is 0.272. The molecule has 1 N–H and O–H groups in total. The van der Waals surface area contributed by atoms with Crippen molar-refractivity contribution >= 4 is 11.8 Å². The van der Waals surface area contributed by atoms with Crippen LogP contribution < -0.4 is 5.32 Å². The van der Waals surface area contributed by atoms with Gasteiger partial charge in [-0.3, -0.25) is 14.5 Å². The number of amides is 2. The van der Waals surface area contributed by atoms with E-state index >= 15 is 0 Å². The lowest BCUT2D eigenvalue weighted by atomic mass is 9.89.